The predicted octanol–water partition coefficient (Wildman–Crippen LogP) is 5.01. The first-order valence-electron chi connectivity index (χ1n) is 8.85. The molecular weight excluding hydrogens is 296 g/mol. The van der Waals surface area contributed by atoms with Crippen LogP contribution in [0.25, 0.3) is 0 Å². The summed E-state index contributed by atoms with van der Waals surface area (Å²) in [6.45, 7) is 6.24. The van der Waals surface area contributed by atoms with Crippen LogP contribution in [0.3, 0.4) is 0 Å². The van der Waals surface area contributed by atoms with Crippen LogP contribution in [0.4, 0.5) is 11.4 Å². The van der Waals surface area contributed by atoms with Crippen LogP contribution in [0.2, 0.25) is 0 Å². The van der Waals surface area contributed by atoms with Crippen LogP contribution in [-0.2, 0) is 4.79 Å². The highest BCUT2D eigenvalue weighted by molar-refractivity contribution is 5.96. The molecule has 0 fully saturated rings. The zero-order chi connectivity index (χ0) is 17.1. The van der Waals surface area contributed by atoms with Crippen molar-refractivity contribution < 1.29 is 4.79 Å². The summed E-state index contributed by atoms with van der Waals surface area (Å²) in [5, 5.41) is 3.63. The van der Waals surface area contributed by atoms with Gasteiger partial charge in [-0.25, -0.2) is 0 Å². The van der Waals surface area contributed by atoms with E-state index in [0.717, 1.165) is 24.2 Å². The number of carbonyl (C=O) groups is 1. The van der Waals surface area contributed by atoms with Crippen molar-refractivity contribution in [2.24, 2.45) is 5.92 Å². The molecule has 1 N–H and O–H groups in total. The minimum Gasteiger partial charge on any atom is -0.378 e. The Morgan fingerprint density at radius 2 is 1.83 bits per heavy atom. The molecule has 3 rings (SSSR count). The van der Waals surface area contributed by atoms with Crippen molar-refractivity contribution in [1.82, 2.24) is 0 Å². The van der Waals surface area contributed by atoms with Gasteiger partial charge in [0.2, 0.25) is 5.91 Å². The molecule has 0 spiro atoms. The molecular formula is C21H26N2O. The number of benzene rings is 2. The first-order valence-corrected chi connectivity index (χ1v) is 8.85. The fourth-order valence-electron chi connectivity index (χ4n) is 3.43. The van der Waals surface area contributed by atoms with Crippen LogP contribution in [-0.4, -0.2) is 11.9 Å². The highest BCUT2D eigenvalue weighted by Crippen LogP contribution is 2.39. The molecule has 2 aromatic rings. The number of fused-ring (bicyclic) bond motifs is 1. The van der Waals surface area contributed by atoms with Crippen molar-refractivity contribution >= 4 is 17.3 Å². The van der Waals surface area contributed by atoms with Crippen molar-refractivity contribution in [1.29, 1.82) is 0 Å². The van der Waals surface area contributed by atoms with E-state index in [1.54, 1.807) is 0 Å². The second kappa shape index (κ2) is 7.08. The molecule has 1 aliphatic heterocycles. The Bertz CT molecular complexity index is 698. The molecule has 0 aromatic heterocycles. The summed E-state index contributed by atoms with van der Waals surface area (Å²) in [5.74, 6) is 0.287. The molecule has 1 amide bonds. The van der Waals surface area contributed by atoms with E-state index in [-0.39, 0.29) is 23.9 Å². The number of carbonyl (C=O) groups excluding carboxylic acids is 1. The number of para-hydroxylation sites is 2. The lowest BCUT2D eigenvalue weighted by Crippen LogP contribution is -2.46. The summed E-state index contributed by atoms with van der Waals surface area (Å²) in [7, 11) is 0. The molecule has 0 bridgehead atoms. The molecule has 1 heterocycles. The number of anilines is 2. The number of hydrogen-bond donors (Lipinski definition) is 1. The largest absolute Gasteiger partial charge is 0.378 e. The molecule has 0 aliphatic carbocycles. The second-order valence-corrected chi connectivity index (χ2v) is 6.72. The Kier molecular flexibility index (Phi) is 4.89. The Labute approximate surface area is 144 Å². The van der Waals surface area contributed by atoms with E-state index in [1.165, 1.54) is 5.56 Å². The van der Waals surface area contributed by atoms with Gasteiger partial charge >= 0.3 is 0 Å². The molecule has 24 heavy (non-hydrogen) atoms. The van der Waals surface area contributed by atoms with Crippen molar-refractivity contribution in [2.75, 3.05) is 10.2 Å². The van der Waals surface area contributed by atoms with Gasteiger partial charge in [-0.05, 0) is 43.5 Å². The predicted molar refractivity (Wildman–Crippen MR) is 100 cm³/mol. The lowest BCUT2D eigenvalue weighted by molar-refractivity contribution is -0.122. The molecule has 0 radical (unpaired) electrons. The zero-order valence-electron chi connectivity index (χ0n) is 14.7. The second-order valence-electron chi connectivity index (χ2n) is 6.72. The number of nitrogens with zero attached hydrogens (tertiary/aromatic N) is 1. The van der Waals surface area contributed by atoms with Crippen LogP contribution < -0.4 is 10.2 Å². The minimum atomic E-state index is 0.0548. The van der Waals surface area contributed by atoms with E-state index in [2.05, 4.69) is 49.5 Å². The average Bonchev–Trinajstić information content (AvgIpc) is 2.61. The quantitative estimate of drug-likeness (QED) is 0.858. The smallest absolute Gasteiger partial charge is 0.230 e. The molecule has 0 unspecified atom stereocenters. The molecule has 0 saturated carbocycles. The van der Waals surface area contributed by atoms with Gasteiger partial charge in [0.1, 0.15) is 0 Å². The first kappa shape index (κ1) is 16.6. The summed E-state index contributed by atoms with van der Waals surface area (Å²) in [6, 6.07) is 19.0. The summed E-state index contributed by atoms with van der Waals surface area (Å²) in [6.07, 6.45) is 1.78. The maximum Gasteiger partial charge on any atom is 0.230 e. The van der Waals surface area contributed by atoms with Crippen LogP contribution in [0.1, 0.15) is 45.2 Å². The van der Waals surface area contributed by atoms with Gasteiger partial charge in [0.15, 0.2) is 0 Å². The number of hydrogen-bond acceptors (Lipinski definition) is 2. The molecule has 0 saturated heterocycles. The zero-order valence-corrected chi connectivity index (χ0v) is 14.7. The van der Waals surface area contributed by atoms with Crippen molar-refractivity contribution in [3.05, 3.63) is 60.2 Å². The molecule has 1 aliphatic rings. The van der Waals surface area contributed by atoms with Gasteiger partial charge in [-0.15, -0.1) is 0 Å². The monoisotopic (exact) mass is 322 g/mol. The molecule has 3 heteroatoms. The molecule has 3 atom stereocenters. The van der Waals surface area contributed by atoms with Crippen LogP contribution >= 0.6 is 0 Å². The van der Waals surface area contributed by atoms with E-state index in [4.69, 9.17) is 0 Å². The van der Waals surface area contributed by atoms with Gasteiger partial charge in [-0.2, -0.15) is 0 Å². The van der Waals surface area contributed by atoms with E-state index in [0.29, 0.717) is 0 Å². The summed E-state index contributed by atoms with van der Waals surface area (Å²) < 4.78 is 0. The lowest BCUT2D eigenvalue weighted by atomic mass is 9.90. The van der Waals surface area contributed by atoms with Gasteiger partial charge in [0, 0.05) is 23.3 Å². The average molecular weight is 322 g/mol. The molecule has 3 nitrogen and oxygen atoms in total. The summed E-state index contributed by atoms with van der Waals surface area (Å²) in [4.78, 5) is 14.9. The normalized spacial score (nSPS) is 21.0. The fourth-order valence-corrected chi connectivity index (χ4v) is 3.43. The topological polar surface area (TPSA) is 32.3 Å². The molecule has 2 aromatic carbocycles. The Morgan fingerprint density at radius 3 is 2.54 bits per heavy atom. The van der Waals surface area contributed by atoms with Gasteiger partial charge in [0.25, 0.3) is 0 Å². The van der Waals surface area contributed by atoms with Crippen molar-refractivity contribution in [3.63, 3.8) is 0 Å². The highest BCUT2D eigenvalue weighted by Gasteiger charge is 2.34. The number of rotatable bonds is 4. The fraction of sp³-hybridized carbons (Fsp3) is 0.381. The van der Waals surface area contributed by atoms with Crippen LogP contribution in [0, 0.1) is 5.92 Å². The van der Waals surface area contributed by atoms with E-state index in [9.17, 15) is 4.79 Å². The SMILES string of the molecule is CC[C@H](C)C(=O)N1c2ccccc2[C@H](Nc2ccccc2)C[C@H]1C. The Balaban J connectivity index is 1.94. The van der Waals surface area contributed by atoms with Gasteiger partial charge in [-0.3, -0.25) is 4.79 Å². The number of amides is 1. The Hall–Kier alpha value is -2.29. The maximum atomic E-state index is 12.9. The Morgan fingerprint density at radius 1 is 1.17 bits per heavy atom. The van der Waals surface area contributed by atoms with Crippen LogP contribution in [0.5, 0.6) is 0 Å². The third kappa shape index (κ3) is 3.16. The van der Waals surface area contributed by atoms with Crippen molar-refractivity contribution in [2.45, 2.75) is 45.7 Å². The maximum absolute atomic E-state index is 12.9. The summed E-state index contributed by atoms with van der Waals surface area (Å²) in [5.41, 5.74) is 3.37. The third-order valence-corrected chi connectivity index (χ3v) is 4.98. The summed E-state index contributed by atoms with van der Waals surface area (Å²) >= 11 is 0. The van der Waals surface area contributed by atoms with Gasteiger partial charge < -0.3 is 10.2 Å². The third-order valence-electron chi connectivity index (χ3n) is 4.98. The highest BCUT2D eigenvalue weighted by atomic mass is 16.2. The minimum absolute atomic E-state index is 0.0548. The van der Waals surface area contributed by atoms with Gasteiger partial charge in [-0.1, -0.05) is 50.2 Å². The van der Waals surface area contributed by atoms with Gasteiger partial charge in [0.05, 0.1) is 6.04 Å². The standard InChI is InChI=1S/C21H26N2O/c1-4-15(2)21(24)23-16(3)14-19(18-12-8-9-13-20(18)23)22-17-10-6-5-7-11-17/h5-13,15-16,19,22H,4,14H2,1-3H3/t15-,16+,19+/m0/s1. The van der Waals surface area contributed by atoms with E-state index >= 15 is 0 Å². The van der Waals surface area contributed by atoms with Crippen LogP contribution in [0.15, 0.2) is 54.6 Å². The first-order chi connectivity index (χ1) is 11.6. The number of nitrogens with one attached hydrogen (secondary N) is 1. The van der Waals surface area contributed by atoms with Crippen molar-refractivity contribution in [3.8, 4) is 0 Å². The van der Waals surface area contributed by atoms with E-state index in [1.807, 2.05) is 36.1 Å². The van der Waals surface area contributed by atoms with E-state index < -0.39 is 0 Å². The molecule has 126 valence electrons. The lowest BCUT2D eigenvalue weighted by Gasteiger charge is -2.41.